The number of hydrogen-bond donors (Lipinski definition) is 2. The van der Waals surface area contributed by atoms with Crippen LogP contribution >= 0.6 is 0 Å². The van der Waals surface area contributed by atoms with Crippen molar-refractivity contribution in [2.75, 3.05) is 26.3 Å². The Kier molecular flexibility index (Phi) is 30.7. The zero-order valence-corrected chi connectivity index (χ0v) is 23.9. The zero-order valence-electron chi connectivity index (χ0n) is 20.1. The van der Waals surface area contributed by atoms with E-state index in [0.717, 1.165) is 38.5 Å². The maximum atomic E-state index is 12.3. The monoisotopic (exact) mass is 665 g/mol. The minimum absolute atomic E-state index is 0. The summed E-state index contributed by atoms with van der Waals surface area (Å²) in [6.45, 7) is 14.7. The Morgan fingerprint density at radius 1 is 0.710 bits per heavy atom. The van der Waals surface area contributed by atoms with Gasteiger partial charge in [0.05, 0.1) is 13.2 Å². The summed E-state index contributed by atoms with van der Waals surface area (Å²) in [6.07, 6.45) is 5.26. The first kappa shape index (κ1) is 38.4. The van der Waals surface area contributed by atoms with Gasteiger partial charge in [0.1, 0.15) is 12.1 Å². The molecule has 0 saturated heterocycles. The average Bonchev–Trinajstić information content (AvgIpc) is 2.62. The molecule has 0 aromatic rings. The van der Waals surface area contributed by atoms with E-state index in [4.69, 9.17) is 9.47 Å². The van der Waals surface area contributed by atoms with Crippen LogP contribution in [0, 0.1) is 11.8 Å². The first-order chi connectivity index (χ1) is 13.3. The van der Waals surface area contributed by atoms with Gasteiger partial charge in [-0.25, -0.2) is 0 Å². The molecule has 0 aromatic heterocycles. The van der Waals surface area contributed by atoms with Crippen LogP contribution in [0.3, 0.4) is 0 Å². The Hall–Kier alpha value is 0.128. The summed E-state index contributed by atoms with van der Waals surface area (Å²) in [7, 11) is 0. The van der Waals surface area contributed by atoms with E-state index >= 15 is 0 Å². The molecule has 190 valence electrons. The van der Waals surface area contributed by atoms with Crippen LogP contribution in [0.2, 0.25) is 0 Å². The van der Waals surface area contributed by atoms with Crippen molar-refractivity contribution in [2.45, 2.75) is 92.2 Å². The van der Waals surface area contributed by atoms with E-state index in [0.29, 0.717) is 38.1 Å². The Labute approximate surface area is 217 Å². The summed E-state index contributed by atoms with van der Waals surface area (Å²) in [5.74, 6) is 0.428. The summed E-state index contributed by atoms with van der Waals surface area (Å²) in [5.41, 5.74) is 0. The number of halogens is 2. The largest absolute Gasteiger partial charge is 2.00 e. The number of rotatable bonds is 17. The minimum Gasteiger partial charge on any atom is -1.00 e. The molecule has 0 aromatic carbocycles. The fourth-order valence-corrected chi connectivity index (χ4v) is 2.80. The van der Waals surface area contributed by atoms with Gasteiger partial charge in [0.2, 0.25) is 0 Å². The Balaban J connectivity index is -0.00000121. The van der Waals surface area contributed by atoms with Crippen LogP contribution in [-0.2, 0) is 40.1 Å². The molecule has 31 heavy (non-hydrogen) atoms. The van der Waals surface area contributed by atoms with Gasteiger partial charge in [0.15, 0.2) is 0 Å². The Morgan fingerprint density at radius 2 is 1.03 bits per heavy atom. The molecule has 0 fully saturated rings. The molecular weight excluding hydrogens is 622 g/mol. The standard InChI is InChI=1S/C22H44N2O4.2ClH.Pt/c1-7-9-13-27-21(25)19(15-17(3)4)23-11-12-24-20(16-18(5)6)22(26)28-14-10-8-2;;;/h17-20,23-24H,7-16H2,1-6H3;2*1H;/q;;;+2/p-2/t19-,20-;;;/m0.../s1. The Bertz CT molecular complexity index is 392. The van der Waals surface area contributed by atoms with Crippen molar-refractivity contribution in [3.63, 3.8) is 0 Å². The van der Waals surface area contributed by atoms with Crippen LogP contribution in [0.25, 0.3) is 0 Å². The third-order valence-electron chi connectivity index (χ3n) is 4.37. The smallest absolute Gasteiger partial charge is 1.00 e. The van der Waals surface area contributed by atoms with Gasteiger partial charge >= 0.3 is 33.0 Å². The summed E-state index contributed by atoms with van der Waals surface area (Å²) < 4.78 is 10.7. The molecule has 0 rings (SSSR count). The van der Waals surface area contributed by atoms with Gasteiger partial charge < -0.3 is 44.9 Å². The molecule has 6 nitrogen and oxygen atoms in total. The topological polar surface area (TPSA) is 76.7 Å². The molecule has 0 aliphatic heterocycles. The van der Waals surface area contributed by atoms with Gasteiger partial charge in [-0.1, -0.05) is 54.4 Å². The average molecular weight is 667 g/mol. The summed E-state index contributed by atoms with van der Waals surface area (Å²) in [6, 6.07) is -0.613. The molecule has 0 spiro atoms. The predicted molar refractivity (Wildman–Crippen MR) is 114 cm³/mol. The van der Waals surface area contributed by atoms with Crippen molar-refractivity contribution in [2.24, 2.45) is 11.8 Å². The van der Waals surface area contributed by atoms with Gasteiger partial charge in [-0.05, 0) is 37.5 Å². The van der Waals surface area contributed by atoms with E-state index in [1.54, 1.807) is 0 Å². The molecule has 0 heterocycles. The zero-order chi connectivity index (χ0) is 21.4. The molecule has 0 saturated carbocycles. The van der Waals surface area contributed by atoms with E-state index in [-0.39, 0.29) is 69.9 Å². The van der Waals surface area contributed by atoms with Crippen molar-refractivity contribution in [3.05, 3.63) is 0 Å². The SMILES string of the molecule is CCCCOC(=O)[C@H](CC(C)C)NCCN[C@@H](CC(C)C)C(=O)OCCCC.[Cl-].[Cl-].[Pt+2]. The van der Waals surface area contributed by atoms with E-state index < -0.39 is 0 Å². The molecule has 0 bridgehead atoms. The second-order valence-electron chi connectivity index (χ2n) is 8.31. The van der Waals surface area contributed by atoms with Gasteiger partial charge in [0, 0.05) is 13.1 Å². The molecular formula is C22H44Cl2N2O4Pt. The van der Waals surface area contributed by atoms with Crippen molar-refractivity contribution in [1.29, 1.82) is 0 Å². The molecule has 0 amide bonds. The van der Waals surface area contributed by atoms with Crippen LogP contribution in [0.5, 0.6) is 0 Å². The second kappa shape index (κ2) is 24.8. The molecule has 2 N–H and O–H groups in total. The van der Waals surface area contributed by atoms with Crippen LogP contribution in [0.15, 0.2) is 0 Å². The molecule has 9 heteroatoms. The van der Waals surface area contributed by atoms with Gasteiger partial charge in [-0.15, -0.1) is 0 Å². The molecule has 2 atom stereocenters. The summed E-state index contributed by atoms with van der Waals surface area (Å²) in [5, 5.41) is 6.58. The fourth-order valence-electron chi connectivity index (χ4n) is 2.80. The van der Waals surface area contributed by atoms with Gasteiger partial charge in [0.25, 0.3) is 0 Å². The number of carbonyl (C=O) groups excluding carboxylic acids is 2. The predicted octanol–water partition coefficient (Wildman–Crippen LogP) is -2.31. The van der Waals surface area contributed by atoms with Crippen LogP contribution in [-0.4, -0.2) is 50.3 Å². The van der Waals surface area contributed by atoms with Crippen LogP contribution in [0.1, 0.15) is 80.1 Å². The second-order valence-corrected chi connectivity index (χ2v) is 8.31. The first-order valence-corrected chi connectivity index (χ1v) is 11.1. The number of unbranched alkanes of at least 4 members (excludes halogenated alkanes) is 2. The number of ether oxygens (including phenoxy) is 2. The summed E-state index contributed by atoms with van der Waals surface area (Å²) >= 11 is 0. The van der Waals surface area contributed by atoms with Crippen LogP contribution < -0.4 is 35.4 Å². The Morgan fingerprint density at radius 3 is 1.29 bits per heavy atom. The van der Waals surface area contributed by atoms with Crippen molar-refractivity contribution in [3.8, 4) is 0 Å². The number of esters is 2. The maximum absolute atomic E-state index is 12.3. The first-order valence-electron chi connectivity index (χ1n) is 11.1. The van der Waals surface area contributed by atoms with Gasteiger partial charge in [-0.3, -0.25) is 9.59 Å². The molecule has 0 radical (unpaired) electrons. The van der Waals surface area contributed by atoms with Crippen molar-refractivity contribution >= 4 is 11.9 Å². The summed E-state index contributed by atoms with van der Waals surface area (Å²) in [4.78, 5) is 24.6. The normalized spacial score (nSPS) is 12.3. The molecule has 0 unspecified atom stereocenters. The van der Waals surface area contributed by atoms with Crippen molar-refractivity contribution < 1.29 is 64.9 Å². The van der Waals surface area contributed by atoms with E-state index in [1.165, 1.54) is 0 Å². The van der Waals surface area contributed by atoms with E-state index in [1.807, 2.05) is 0 Å². The number of carbonyl (C=O) groups is 2. The third kappa shape index (κ3) is 21.7. The quantitative estimate of drug-likeness (QED) is 0.134. The number of nitrogens with one attached hydrogen (secondary N) is 2. The molecule has 0 aliphatic rings. The maximum Gasteiger partial charge on any atom is 2.00 e. The van der Waals surface area contributed by atoms with E-state index in [9.17, 15) is 9.59 Å². The van der Waals surface area contributed by atoms with Crippen molar-refractivity contribution in [1.82, 2.24) is 10.6 Å². The third-order valence-corrected chi connectivity index (χ3v) is 4.37. The van der Waals surface area contributed by atoms with Gasteiger partial charge in [-0.2, -0.15) is 0 Å². The van der Waals surface area contributed by atoms with E-state index in [2.05, 4.69) is 52.2 Å². The van der Waals surface area contributed by atoms with Crippen LogP contribution in [0.4, 0.5) is 0 Å². The fraction of sp³-hybridized carbons (Fsp3) is 0.909. The minimum atomic E-state index is -0.307. The number of hydrogen-bond acceptors (Lipinski definition) is 6. The molecule has 0 aliphatic carbocycles.